The summed E-state index contributed by atoms with van der Waals surface area (Å²) < 4.78 is 5.36. The number of nitrogens with zero attached hydrogens (tertiary/aromatic N) is 2. The number of aromatic nitrogens is 3. The van der Waals surface area contributed by atoms with Gasteiger partial charge in [-0.2, -0.15) is 5.10 Å². The predicted octanol–water partition coefficient (Wildman–Crippen LogP) is 0.656. The van der Waals surface area contributed by atoms with E-state index in [-0.39, 0.29) is 6.10 Å². The molecule has 0 saturated carbocycles. The second kappa shape index (κ2) is 2.38. The molecule has 0 aromatic carbocycles. The predicted molar refractivity (Wildman–Crippen MR) is 34.3 cm³/mol. The molecule has 1 aliphatic heterocycles. The lowest BCUT2D eigenvalue weighted by Crippen LogP contribution is -1.97. The Bertz CT molecular complexity index is 191. The Kier molecular flexibility index (Phi) is 1.39. The number of H-pyrrole nitrogens is 1. The van der Waals surface area contributed by atoms with Crippen molar-refractivity contribution in [3.05, 3.63) is 12.2 Å². The van der Waals surface area contributed by atoms with Crippen molar-refractivity contribution < 1.29 is 4.74 Å². The van der Waals surface area contributed by atoms with Gasteiger partial charge in [0.15, 0.2) is 5.82 Å². The minimum atomic E-state index is 0.169. The topological polar surface area (TPSA) is 50.8 Å². The number of ether oxygens (including phenoxy) is 1. The van der Waals surface area contributed by atoms with Crippen LogP contribution in [0.1, 0.15) is 24.8 Å². The van der Waals surface area contributed by atoms with Crippen LogP contribution in [0.5, 0.6) is 0 Å². The van der Waals surface area contributed by atoms with Crippen molar-refractivity contribution in [2.45, 2.75) is 18.9 Å². The molecule has 1 N–H and O–H groups in total. The molecule has 54 valence electrons. The van der Waals surface area contributed by atoms with E-state index in [0.29, 0.717) is 0 Å². The summed E-state index contributed by atoms with van der Waals surface area (Å²) in [5.74, 6) is 0.859. The van der Waals surface area contributed by atoms with Crippen LogP contribution in [0.4, 0.5) is 0 Å². The summed E-state index contributed by atoms with van der Waals surface area (Å²) in [5, 5.41) is 6.54. The van der Waals surface area contributed by atoms with Gasteiger partial charge in [0.2, 0.25) is 0 Å². The van der Waals surface area contributed by atoms with Gasteiger partial charge in [-0.25, -0.2) is 4.98 Å². The largest absolute Gasteiger partial charge is 0.370 e. The van der Waals surface area contributed by atoms with Gasteiger partial charge in [-0.15, -0.1) is 0 Å². The standard InChI is InChI=1S/C6H9N3O/c1-2-5(10-3-1)6-7-4-8-9-6/h4-5H,1-3H2,(H,7,8,9). The first kappa shape index (κ1) is 5.85. The maximum absolute atomic E-state index is 5.36. The van der Waals surface area contributed by atoms with Crippen LogP contribution in [0.15, 0.2) is 6.33 Å². The number of nitrogens with one attached hydrogen (secondary N) is 1. The fourth-order valence-corrected chi connectivity index (χ4v) is 1.16. The molecule has 4 heteroatoms. The summed E-state index contributed by atoms with van der Waals surface area (Å²) in [6, 6.07) is 0. The summed E-state index contributed by atoms with van der Waals surface area (Å²) in [5.41, 5.74) is 0. The first-order chi connectivity index (χ1) is 4.97. The summed E-state index contributed by atoms with van der Waals surface area (Å²) in [4.78, 5) is 4.01. The summed E-state index contributed by atoms with van der Waals surface area (Å²) >= 11 is 0. The molecule has 0 bridgehead atoms. The average molecular weight is 139 g/mol. The zero-order valence-electron chi connectivity index (χ0n) is 5.58. The quantitative estimate of drug-likeness (QED) is 0.621. The molecule has 1 aliphatic rings. The van der Waals surface area contributed by atoms with Crippen molar-refractivity contribution >= 4 is 0 Å². The molecule has 1 unspecified atom stereocenters. The molecule has 1 atom stereocenters. The van der Waals surface area contributed by atoms with Crippen molar-refractivity contribution in [3.63, 3.8) is 0 Å². The van der Waals surface area contributed by atoms with Crippen LogP contribution in [-0.2, 0) is 4.74 Å². The van der Waals surface area contributed by atoms with E-state index in [9.17, 15) is 0 Å². The van der Waals surface area contributed by atoms with Crippen LogP contribution in [-0.4, -0.2) is 21.8 Å². The van der Waals surface area contributed by atoms with E-state index in [1.807, 2.05) is 0 Å². The maximum atomic E-state index is 5.36. The fourth-order valence-electron chi connectivity index (χ4n) is 1.16. The van der Waals surface area contributed by atoms with Crippen LogP contribution in [0.3, 0.4) is 0 Å². The van der Waals surface area contributed by atoms with Gasteiger partial charge in [-0.1, -0.05) is 0 Å². The molecule has 10 heavy (non-hydrogen) atoms. The van der Waals surface area contributed by atoms with Crippen molar-refractivity contribution in [2.75, 3.05) is 6.61 Å². The highest BCUT2D eigenvalue weighted by Gasteiger charge is 2.19. The van der Waals surface area contributed by atoms with Crippen molar-refractivity contribution in [2.24, 2.45) is 0 Å². The minimum Gasteiger partial charge on any atom is -0.370 e. The third kappa shape index (κ3) is 0.903. The molecule has 0 radical (unpaired) electrons. The lowest BCUT2D eigenvalue weighted by molar-refractivity contribution is 0.105. The molecule has 1 saturated heterocycles. The number of rotatable bonds is 1. The molecular formula is C6H9N3O. The van der Waals surface area contributed by atoms with Crippen LogP contribution >= 0.6 is 0 Å². The molecule has 0 amide bonds. The lowest BCUT2D eigenvalue weighted by Gasteiger charge is -2.02. The smallest absolute Gasteiger partial charge is 0.153 e. The van der Waals surface area contributed by atoms with Crippen LogP contribution in [0, 0.1) is 0 Å². The molecule has 4 nitrogen and oxygen atoms in total. The monoisotopic (exact) mass is 139 g/mol. The van der Waals surface area contributed by atoms with Crippen molar-refractivity contribution in [1.82, 2.24) is 15.2 Å². The second-order valence-corrected chi connectivity index (χ2v) is 2.37. The number of hydrogen-bond donors (Lipinski definition) is 1. The van der Waals surface area contributed by atoms with E-state index in [1.165, 1.54) is 6.33 Å². The highest BCUT2D eigenvalue weighted by Crippen LogP contribution is 2.24. The Hall–Kier alpha value is -0.900. The van der Waals surface area contributed by atoms with Gasteiger partial charge in [-0.3, -0.25) is 5.10 Å². The maximum Gasteiger partial charge on any atom is 0.153 e. The Morgan fingerprint density at radius 2 is 2.70 bits per heavy atom. The Balaban J connectivity index is 2.12. The molecule has 2 rings (SSSR count). The second-order valence-electron chi connectivity index (χ2n) is 2.37. The fraction of sp³-hybridized carbons (Fsp3) is 0.667. The highest BCUT2D eigenvalue weighted by molar-refractivity contribution is 4.88. The number of aromatic amines is 1. The van der Waals surface area contributed by atoms with Crippen LogP contribution < -0.4 is 0 Å². The van der Waals surface area contributed by atoms with E-state index in [1.54, 1.807) is 0 Å². The highest BCUT2D eigenvalue weighted by atomic mass is 16.5. The minimum absolute atomic E-state index is 0.169. The van der Waals surface area contributed by atoms with E-state index in [0.717, 1.165) is 25.3 Å². The molecule has 1 aromatic rings. The lowest BCUT2D eigenvalue weighted by atomic mass is 10.2. The summed E-state index contributed by atoms with van der Waals surface area (Å²) in [6.07, 6.45) is 3.87. The normalized spacial score (nSPS) is 25.4. The van der Waals surface area contributed by atoms with Gasteiger partial charge in [0.1, 0.15) is 12.4 Å². The van der Waals surface area contributed by atoms with Gasteiger partial charge in [0.25, 0.3) is 0 Å². The van der Waals surface area contributed by atoms with Gasteiger partial charge in [-0.05, 0) is 12.8 Å². The Labute approximate surface area is 58.6 Å². The van der Waals surface area contributed by atoms with E-state index in [4.69, 9.17) is 4.74 Å². The molecule has 1 fully saturated rings. The Morgan fingerprint density at radius 3 is 3.30 bits per heavy atom. The van der Waals surface area contributed by atoms with Gasteiger partial charge in [0, 0.05) is 6.61 Å². The average Bonchev–Trinajstić information content (AvgIpc) is 2.59. The van der Waals surface area contributed by atoms with Gasteiger partial charge in [0.05, 0.1) is 0 Å². The first-order valence-electron chi connectivity index (χ1n) is 3.43. The SMILES string of the molecule is c1n[nH]c(C2CCCO2)n1. The zero-order chi connectivity index (χ0) is 6.81. The van der Waals surface area contributed by atoms with Gasteiger partial charge >= 0.3 is 0 Å². The molecule has 1 aromatic heterocycles. The Morgan fingerprint density at radius 1 is 1.70 bits per heavy atom. The van der Waals surface area contributed by atoms with E-state index < -0.39 is 0 Å². The van der Waals surface area contributed by atoms with E-state index >= 15 is 0 Å². The molecular weight excluding hydrogens is 130 g/mol. The summed E-state index contributed by atoms with van der Waals surface area (Å²) in [7, 11) is 0. The van der Waals surface area contributed by atoms with Crippen LogP contribution in [0.25, 0.3) is 0 Å². The van der Waals surface area contributed by atoms with Crippen LogP contribution in [0.2, 0.25) is 0 Å². The first-order valence-corrected chi connectivity index (χ1v) is 3.43. The molecule has 0 spiro atoms. The van der Waals surface area contributed by atoms with E-state index in [2.05, 4.69) is 15.2 Å². The molecule has 2 heterocycles. The third-order valence-electron chi connectivity index (χ3n) is 1.67. The third-order valence-corrected chi connectivity index (χ3v) is 1.67. The van der Waals surface area contributed by atoms with Crippen molar-refractivity contribution in [1.29, 1.82) is 0 Å². The summed E-state index contributed by atoms with van der Waals surface area (Å²) in [6.45, 7) is 0.853. The van der Waals surface area contributed by atoms with Gasteiger partial charge < -0.3 is 4.74 Å². The molecule has 0 aliphatic carbocycles. The zero-order valence-corrected chi connectivity index (χ0v) is 5.58. The van der Waals surface area contributed by atoms with Crippen molar-refractivity contribution in [3.8, 4) is 0 Å². The number of hydrogen-bond acceptors (Lipinski definition) is 3.